The molecular weight excluding hydrogens is 180 g/mol. The first-order chi connectivity index (χ1) is 6.71. The molecule has 4 heteroatoms. The third-order valence-corrected chi connectivity index (χ3v) is 2.52. The fourth-order valence-corrected chi connectivity index (χ4v) is 1.57. The van der Waals surface area contributed by atoms with Crippen LogP contribution in [0.4, 0.5) is 0 Å². The monoisotopic (exact) mass is 194 g/mol. The molecule has 1 fully saturated rings. The standard InChI is InChI=1S/C10H14N2O2/c1-8-6-11-9(12-7-8)10(13)2-4-14-5-3-10/h6-7,13H,2-5H2,1H3. The van der Waals surface area contributed by atoms with Crippen molar-refractivity contribution < 1.29 is 9.84 Å². The van der Waals surface area contributed by atoms with Gasteiger partial charge in [0.2, 0.25) is 0 Å². The molecule has 1 saturated heterocycles. The van der Waals surface area contributed by atoms with E-state index in [2.05, 4.69) is 9.97 Å². The van der Waals surface area contributed by atoms with Crippen molar-refractivity contribution in [1.82, 2.24) is 9.97 Å². The lowest BCUT2D eigenvalue weighted by molar-refractivity contribution is -0.0734. The van der Waals surface area contributed by atoms with E-state index in [1.807, 2.05) is 6.92 Å². The van der Waals surface area contributed by atoms with Gasteiger partial charge in [-0.2, -0.15) is 0 Å². The molecule has 0 amide bonds. The molecule has 14 heavy (non-hydrogen) atoms. The van der Waals surface area contributed by atoms with E-state index >= 15 is 0 Å². The Morgan fingerprint density at radius 3 is 2.43 bits per heavy atom. The minimum absolute atomic E-state index is 0.520. The van der Waals surface area contributed by atoms with Crippen LogP contribution in [0.25, 0.3) is 0 Å². The Balaban J connectivity index is 2.23. The van der Waals surface area contributed by atoms with Crippen molar-refractivity contribution in [2.75, 3.05) is 13.2 Å². The quantitative estimate of drug-likeness (QED) is 0.718. The molecule has 0 saturated carbocycles. The van der Waals surface area contributed by atoms with Crippen LogP contribution in [-0.4, -0.2) is 28.3 Å². The van der Waals surface area contributed by atoms with Crippen LogP contribution in [-0.2, 0) is 10.3 Å². The SMILES string of the molecule is Cc1cnc(C2(O)CCOCC2)nc1. The van der Waals surface area contributed by atoms with Crippen molar-refractivity contribution in [3.63, 3.8) is 0 Å². The lowest BCUT2D eigenvalue weighted by Gasteiger charge is -2.30. The van der Waals surface area contributed by atoms with Gasteiger partial charge in [-0.1, -0.05) is 0 Å². The third-order valence-electron chi connectivity index (χ3n) is 2.52. The summed E-state index contributed by atoms with van der Waals surface area (Å²) in [6.45, 7) is 3.08. The van der Waals surface area contributed by atoms with E-state index in [-0.39, 0.29) is 0 Å². The molecule has 0 radical (unpaired) electrons. The van der Waals surface area contributed by atoms with Crippen molar-refractivity contribution >= 4 is 0 Å². The van der Waals surface area contributed by atoms with E-state index in [0.29, 0.717) is 31.9 Å². The van der Waals surface area contributed by atoms with Gasteiger partial charge in [-0.3, -0.25) is 0 Å². The van der Waals surface area contributed by atoms with E-state index in [1.54, 1.807) is 12.4 Å². The average Bonchev–Trinajstić information content (AvgIpc) is 2.19. The smallest absolute Gasteiger partial charge is 0.160 e. The van der Waals surface area contributed by atoms with E-state index in [0.717, 1.165) is 5.56 Å². The molecule has 1 N–H and O–H groups in total. The van der Waals surface area contributed by atoms with E-state index in [1.165, 1.54) is 0 Å². The number of aryl methyl sites for hydroxylation is 1. The second-order valence-corrected chi connectivity index (χ2v) is 3.73. The highest BCUT2D eigenvalue weighted by Gasteiger charge is 2.34. The summed E-state index contributed by atoms with van der Waals surface area (Å²) >= 11 is 0. The summed E-state index contributed by atoms with van der Waals surface area (Å²) in [6, 6.07) is 0. The maximum Gasteiger partial charge on any atom is 0.160 e. The Morgan fingerprint density at radius 1 is 1.29 bits per heavy atom. The van der Waals surface area contributed by atoms with E-state index in [4.69, 9.17) is 4.74 Å². The van der Waals surface area contributed by atoms with Crippen LogP contribution in [0.3, 0.4) is 0 Å². The predicted octanol–water partition coefficient (Wildman–Crippen LogP) is 0.783. The van der Waals surface area contributed by atoms with Gasteiger partial charge in [0, 0.05) is 38.4 Å². The molecule has 4 nitrogen and oxygen atoms in total. The molecule has 1 aromatic heterocycles. The van der Waals surface area contributed by atoms with Gasteiger partial charge >= 0.3 is 0 Å². The van der Waals surface area contributed by atoms with Crippen molar-refractivity contribution in [3.8, 4) is 0 Å². The van der Waals surface area contributed by atoms with Gasteiger partial charge in [-0.15, -0.1) is 0 Å². The highest BCUT2D eigenvalue weighted by Crippen LogP contribution is 2.28. The first-order valence-corrected chi connectivity index (χ1v) is 4.80. The zero-order valence-corrected chi connectivity index (χ0v) is 8.23. The van der Waals surface area contributed by atoms with E-state index in [9.17, 15) is 5.11 Å². The zero-order valence-electron chi connectivity index (χ0n) is 8.23. The van der Waals surface area contributed by atoms with Crippen molar-refractivity contribution in [2.45, 2.75) is 25.4 Å². The molecule has 1 aromatic rings. The van der Waals surface area contributed by atoms with Crippen LogP contribution in [0.5, 0.6) is 0 Å². The molecular formula is C10H14N2O2. The highest BCUT2D eigenvalue weighted by atomic mass is 16.5. The Labute approximate surface area is 83.0 Å². The molecule has 0 spiro atoms. The number of hydrogen-bond donors (Lipinski definition) is 1. The minimum atomic E-state index is -0.883. The summed E-state index contributed by atoms with van der Waals surface area (Å²) in [5, 5.41) is 10.2. The van der Waals surface area contributed by atoms with Crippen LogP contribution in [0.2, 0.25) is 0 Å². The number of rotatable bonds is 1. The molecule has 0 aromatic carbocycles. The summed E-state index contributed by atoms with van der Waals surface area (Å²) in [7, 11) is 0. The molecule has 0 aliphatic carbocycles. The molecule has 0 atom stereocenters. The Bertz CT molecular complexity index is 304. The first-order valence-electron chi connectivity index (χ1n) is 4.80. The fraction of sp³-hybridized carbons (Fsp3) is 0.600. The fourth-order valence-electron chi connectivity index (χ4n) is 1.57. The van der Waals surface area contributed by atoms with Gasteiger partial charge in [0.1, 0.15) is 5.60 Å². The Hall–Kier alpha value is -1.00. The summed E-state index contributed by atoms with van der Waals surface area (Å²) < 4.78 is 5.19. The van der Waals surface area contributed by atoms with Crippen molar-refractivity contribution in [2.24, 2.45) is 0 Å². The summed E-state index contributed by atoms with van der Waals surface area (Å²) in [6.07, 6.45) is 4.62. The molecule has 2 rings (SSSR count). The lowest BCUT2D eigenvalue weighted by Crippen LogP contribution is -2.35. The highest BCUT2D eigenvalue weighted by molar-refractivity contribution is 5.08. The van der Waals surface area contributed by atoms with Gasteiger partial charge in [0.25, 0.3) is 0 Å². The number of nitrogens with zero attached hydrogens (tertiary/aromatic N) is 2. The van der Waals surface area contributed by atoms with Gasteiger partial charge in [0.05, 0.1) is 0 Å². The van der Waals surface area contributed by atoms with Gasteiger partial charge in [-0.25, -0.2) is 9.97 Å². The number of aliphatic hydroxyl groups is 1. The minimum Gasteiger partial charge on any atom is -0.382 e. The van der Waals surface area contributed by atoms with Gasteiger partial charge in [-0.05, 0) is 12.5 Å². The molecule has 1 aliphatic heterocycles. The topological polar surface area (TPSA) is 55.2 Å². The predicted molar refractivity (Wildman–Crippen MR) is 50.7 cm³/mol. The zero-order chi connectivity index (χ0) is 10.0. The Kier molecular flexibility index (Phi) is 2.48. The maximum atomic E-state index is 10.2. The molecule has 0 unspecified atom stereocenters. The van der Waals surface area contributed by atoms with Crippen LogP contribution in [0, 0.1) is 6.92 Å². The van der Waals surface area contributed by atoms with Crippen LogP contribution >= 0.6 is 0 Å². The van der Waals surface area contributed by atoms with Crippen LogP contribution in [0.15, 0.2) is 12.4 Å². The first kappa shape index (κ1) is 9.55. The van der Waals surface area contributed by atoms with Crippen molar-refractivity contribution in [1.29, 1.82) is 0 Å². The normalized spacial score (nSPS) is 20.7. The summed E-state index contributed by atoms with van der Waals surface area (Å²) in [5.41, 5.74) is 0.121. The molecule has 0 bridgehead atoms. The summed E-state index contributed by atoms with van der Waals surface area (Å²) in [5.74, 6) is 0.520. The summed E-state index contributed by atoms with van der Waals surface area (Å²) in [4.78, 5) is 8.31. The van der Waals surface area contributed by atoms with Crippen LogP contribution < -0.4 is 0 Å². The lowest BCUT2D eigenvalue weighted by atomic mass is 9.93. The van der Waals surface area contributed by atoms with Crippen molar-refractivity contribution in [3.05, 3.63) is 23.8 Å². The van der Waals surface area contributed by atoms with Gasteiger partial charge < -0.3 is 9.84 Å². The average molecular weight is 194 g/mol. The molecule has 1 aliphatic rings. The number of ether oxygens (including phenoxy) is 1. The van der Waals surface area contributed by atoms with Gasteiger partial charge in [0.15, 0.2) is 5.82 Å². The van der Waals surface area contributed by atoms with E-state index < -0.39 is 5.60 Å². The second kappa shape index (κ2) is 3.63. The maximum absolute atomic E-state index is 10.2. The third kappa shape index (κ3) is 1.76. The molecule has 76 valence electrons. The van der Waals surface area contributed by atoms with Crippen LogP contribution in [0.1, 0.15) is 24.2 Å². The molecule has 2 heterocycles. The number of hydrogen-bond acceptors (Lipinski definition) is 4. The Morgan fingerprint density at radius 2 is 1.86 bits per heavy atom. The largest absolute Gasteiger partial charge is 0.382 e. The number of aromatic nitrogens is 2. The second-order valence-electron chi connectivity index (χ2n) is 3.73.